The summed E-state index contributed by atoms with van der Waals surface area (Å²) in [5.41, 5.74) is 1.20. The SMILES string of the molecule is CCC1CCc2nc(NC(=O)c3ccc(S(=O)(=O)C(F)F)cc3)sc2C1. The van der Waals surface area contributed by atoms with Crippen molar-refractivity contribution in [3.8, 4) is 0 Å². The van der Waals surface area contributed by atoms with E-state index in [0.717, 1.165) is 43.5 Å². The first-order valence-corrected chi connectivity index (χ1v) is 10.6. The van der Waals surface area contributed by atoms with E-state index in [-0.39, 0.29) is 5.56 Å². The van der Waals surface area contributed by atoms with E-state index < -0.39 is 26.4 Å². The van der Waals surface area contributed by atoms with Gasteiger partial charge in [-0.3, -0.25) is 10.1 Å². The molecular weight excluding hydrogens is 382 g/mol. The standard InChI is InChI=1S/C17H18F2N2O3S2/c1-2-10-3-8-13-14(9-10)25-17(20-13)21-15(22)11-4-6-12(7-5-11)26(23,24)16(18)19/h4-7,10,16H,2-3,8-9H2,1H3,(H,20,21,22). The van der Waals surface area contributed by atoms with Crippen LogP contribution < -0.4 is 5.32 Å². The monoisotopic (exact) mass is 400 g/mol. The Balaban J connectivity index is 1.72. The number of amides is 1. The lowest BCUT2D eigenvalue weighted by Crippen LogP contribution is -2.14. The van der Waals surface area contributed by atoms with Gasteiger partial charge in [-0.1, -0.05) is 13.3 Å². The van der Waals surface area contributed by atoms with Crippen LogP contribution in [0.25, 0.3) is 0 Å². The number of alkyl halides is 2. The number of aromatic nitrogens is 1. The molecule has 1 aromatic carbocycles. The fraction of sp³-hybridized carbons (Fsp3) is 0.412. The van der Waals surface area contributed by atoms with Crippen molar-refractivity contribution >= 4 is 32.2 Å². The second kappa shape index (κ2) is 7.40. The van der Waals surface area contributed by atoms with Gasteiger partial charge >= 0.3 is 5.76 Å². The van der Waals surface area contributed by atoms with E-state index in [4.69, 9.17) is 0 Å². The van der Waals surface area contributed by atoms with E-state index in [1.54, 1.807) is 0 Å². The van der Waals surface area contributed by atoms with Crippen LogP contribution >= 0.6 is 11.3 Å². The van der Waals surface area contributed by atoms with Crippen molar-refractivity contribution in [1.29, 1.82) is 0 Å². The van der Waals surface area contributed by atoms with Crippen molar-refractivity contribution in [1.82, 2.24) is 4.98 Å². The molecule has 9 heteroatoms. The fourth-order valence-electron chi connectivity index (χ4n) is 2.91. The van der Waals surface area contributed by atoms with Crippen molar-refractivity contribution in [2.45, 2.75) is 43.3 Å². The zero-order chi connectivity index (χ0) is 18.9. The van der Waals surface area contributed by atoms with Crippen LogP contribution in [0.1, 0.15) is 40.7 Å². The van der Waals surface area contributed by atoms with Crippen LogP contribution in [0.2, 0.25) is 0 Å². The number of anilines is 1. The Labute approximate surface area is 154 Å². The van der Waals surface area contributed by atoms with Crippen molar-refractivity contribution < 1.29 is 22.0 Å². The molecule has 5 nitrogen and oxygen atoms in total. The molecule has 0 fully saturated rings. The minimum Gasteiger partial charge on any atom is -0.298 e. The molecule has 1 aliphatic carbocycles. The molecule has 1 aliphatic rings. The molecule has 26 heavy (non-hydrogen) atoms. The highest BCUT2D eigenvalue weighted by molar-refractivity contribution is 7.91. The molecule has 0 bridgehead atoms. The first-order valence-electron chi connectivity index (χ1n) is 8.23. The number of hydrogen-bond acceptors (Lipinski definition) is 5. The highest BCUT2D eigenvalue weighted by atomic mass is 32.2. The number of nitrogens with one attached hydrogen (secondary N) is 1. The maximum absolute atomic E-state index is 12.5. The van der Waals surface area contributed by atoms with Crippen molar-refractivity contribution in [2.24, 2.45) is 5.92 Å². The van der Waals surface area contributed by atoms with Crippen LogP contribution in [-0.4, -0.2) is 25.1 Å². The number of benzene rings is 1. The zero-order valence-corrected chi connectivity index (χ0v) is 15.7. The average molecular weight is 400 g/mol. The Morgan fingerprint density at radius 2 is 2.04 bits per heavy atom. The van der Waals surface area contributed by atoms with Gasteiger partial charge in [-0.2, -0.15) is 8.78 Å². The average Bonchev–Trinajstić information content (AvgIpc) is 3.02. The summed E-state index contributed by atoms with van der Waals surface area (Å²) in [7, 11) is -4.66. The van der Waals surface area contributed by atoms with Crippen LogP contribution in [0.15, 0.2) is 29.2 Å². The Morgan fingerprint density at radius 1 is 1.35 bits per heavy atom. The predicted octanol–water partition coefficient (Wildman–Crippen LogP) is 3.91. The van der Waals surface area contributed by atoms with Crippen LogP contribution in [0, 0.1) is 5.92 Å². The molecule has 0 saturated carbocycles. The normalized spacial score (nSPS) is 17.2. The zero-order valence-electron chi connectivity index (χ0n) is 14.0. The van der Waals surface area contributed by atoms with Gasteiger partial charge < -0.3 is 0 Å². The summed E-state index contributed by atoms with van der Waals surface area (Å²) in [4.78, 5) is 17.4. The second-order valence-electron chi connectivity index (χ2n) is 6.19. The van der Waals surface area contributed by atoms with E-state index in [0.29, 0.717) is 11.0 Å². The second-order valence-corrected chi connectivity index (χ2v) is 9.19. The van der Waals surface area contributed by atoms with Crippen LogP contribution in [0.4, 0.5) is 13.9 Å². The number of carbonyl (C=O) groups is 1. The summed E-state index contributed by atoms with van der Waals surface area (Å²) in [5.74, 6) is -3.30. The highest BCUT2D eigenvalue weighted by Gasteiger charge is 2.27. The van der Waals surface area contributed by atoms with E-state index in [1.165, 1.54) is 28.3 Å². The number of sulfone groups is 1. The summed E-state index contributed by atoms with van der Waals surface area (Å²) in [6.07, 6.45) is 4.09. The molecule has 1 unspecified atom stereocenters. The minimum atomic E-state index is -4.66. The van der Waals surface area contributed by atoms with Crippen molar-refractivity contribution in [2.75, 3.05) is 5.32 Å². The molecule has 0 saturated heterocycles. The summed E-state index contributed by atoms with van der Waals surface area (Å²) >= 11 is 1.45. The number of carbonyl (C=O) groups excluding carboxylic acids is 1. The number of rotatable bonds is 5. The van der Waals surface area contributed by atoms with Gasteiger partial charge in [0.05, 0.1) is 10.6 Å². The molecule has 1 amide bonds. The van der Waals surface area contributed by atoms with Gasteiger partial charge in [-0.15, -0.1) is 11.3 Å². The summed E-state index contributed by atoms with van der Waals surface area (Å²) in [6.45, 7) is 2.16. The van der Waals surface area contributed by atoms with E-state index in [9.17, 15) is 22.0 Å². The van der Waals surface area contributed by atoms with Gasteiger partial charge in [-0.05, 0) is 49.4 Å². The van der Waals surface area contributed by atoms with Gasteiger partial charge in [0.2, 0.25) is 9.84 Å². The number of nitrogens with zero attached hydrogens (tertiary/aromatic N) is 1. The topological polar surface area (TPSA) is 76.1 Å². The van der Waals surface area contributed by atoms with Crippen LogP contribution in [0.5, 0.6) is 0 Å². The molecule has 140 valence electrons. The summed E-state index contributed by atoms with van der Waals surface area (Å²) in [5, 5.41) is 3.20. The molecule has 0 radical (unpaired) electrons. The third-order valence-corrected chi connectivity index (χ3v) is 6.95. The largest absolute Gasteiger partial charge is 0.341 e. The van der Waals surface area contributed by atoms with Crippen LogP contribution in [-0.2, 0) is 22.7 Å². The van der Waals surface area contributed by atoms with E-state index in [1.807, 2.05) is 0 Å². The molecule has 3 rings (SSSR count). The van der Waals surface area contributed by atoms with Gasteiger partial charge in [0.15, 0.2) is 5.13 Å². The van der Waals surface area contributed by atoms with Gasteiger partial charge in [0.1, 0.15) is 0 Å². The summed E-state index contributed by atoms with van der Waals surface area (Å²) in [6, 6.07) is 4.45. The maximum Gasteiger partial charge on any atom is 0.341 e. The molecule has 1 aromatic heterocycles. The molecule has 2 aromatic rings. The lowest BCUT2D eigenvalue weighted by molar-refractivity contribution is 0.102. The molecule has 0 spiro atoms. The Kier molecular flexibility index (Phi) is 5.38. The fourth-order valence-corrected chi connectivity index (χ4v) is 4.75. The Hall–Kier alpha value is -1.87. The van der Waals surface area contributed by atoms with Gasteiger partial charge in [0.25, 0.3) is 5.91 Å². The number of halogens is 2. The summed E-state index contributed by atoms with van der Waals surface area (Å²) < 4.78 is 47.9. The number of hydrogen-bond donors (Lipinski definition) is 1. The number of thiazole rings is 1. The Morgan fingerprint density at radius 3 is 2.65 bits per heavy atom. The van der Waals surface area contributed by atoms with Crippen molar-refractivity contribution in [3.63, 3.8) is 0 Å². The van der Waals surface area contributed by atoms with Gasteiger partial charge in [0, 0.05) is 10.4 Å². The van der Waals surface area contributed by atoms with Gasteiger partial charge in [-0.25, -0.2) is 13.4 Å². The third kappa shape index (κ3) is 3.78. The quantitative estimate of drug-likeness (QED) is 0.826. The lowest BCUT2D eigenvalue weighted by Gasteiger charge is -2.18. The number of aryl methyl sites for hydroxylation is 1. The van der Waals surface area contributed by atoms with Crippen molar-refractivity contribution in [3.05, 3.63) is 40.4 Å². The molecule has 1 N–H and O–H groups in total. The first kappa shape index (κ1) is 18.9. The molecule has 0 aliphatic heterocycles. The third-order valence-electron chi connectivity index (χ3n) is 4.52. The minimum absolute atomic E-state index is 0.179. The van der Waals surface area contributed by atoms with E-state index >= 15 is 0 Å². The Bertz CT molecular complexity index is 909. The smallest absolute Gasteiger partial charge is 0.298 e. The highest BCUT2D eigenvalue weighted by Crippen LogP contribution is 2.33. The maximum atomic E-state index is 12.5. The number of fused-ring (bicyclic) bond motifs is 1. The lowest BCUT2D eigenvalue weighted by atomic mass is 9.89. The van der Waals surface area contributed by atoms with Crippen LogP contribution in [0.3, 0.4) is 0 Å². The van der Waals surface area contributed by atoms with E-state index in [2.05, 4.69) is 17.2 Å². The predicted molar refractivity (Wildman–Crippen MR) is 95.5 cm³/mol. The molecule has 1 heterocycles. The molecular formula is C17H18F2N2O3S2. The molecule has 1 atom stereocenters. The first-order chi connectivity index (χ1) is 12.3.